The van der Waals surface area contributed by atoms with E-state index in [0.29, 0.717) is 6.07 Å². The average molecular weight is 1440 g/mol. The predicted molar refractivity (Wildman–Crippen MR) is 344 cm³/mol. The molecule has 0 atom stereocenters. The molecule has 6 aromatic carbocycles. The quantitative estimate of drug-likeness (QED) is 0.0223. The molecule has 0 saturated carbocycles. The first-order valence-corrected chi connectivity index (χ1v) is 34.8. The highest BCUT2D eigenvalue weighted by atomic mass is 32.2. The average Bonchev–Trinajstić information content (AvgIpc) is 1.66. The monoisotopic (exact) mass is 1440 g/mol. The lowest BCUT2D eigenvalue weighted by Crippen LogP contribution is -2.40. The number of aromatic carboxylic acids is 2. The van der Waals surface area contributed by atoms with Crippen molar-refractivity contribution in [3.05, 3.63) is 192 Å². The number of aryl methyl sites for hydroxylation is 2. The number of aromatic nitrogens is 7. The summed E-state index contributed by atoms with van der Waals surface area (Å²) in [4.78, 5) is 67.6. The molecule has 0 radical (unpaired) electrons. The van der Waals surface area contributed by atoms with Crippen molar-refractivity contribution in [3.63, 3.8) is 0 Å². The topological polar surface area (TPSA) is 553 Å². The summed E-state index contributed by atoms with van der Waals surface area (Å²) in [6.07, 6.45) is 4.46. The molecular weight excluding hydrogens is 1390 g/mol. The van der Waals surface area contributed by atoms with E-state index < -0.39 is 121 Å². The van der Waals surface area contributed by atoms with Gasteiger partial charge in [-0.25, -0.2) is 28.9 Å². The molecule has 0 unspecified atom stereocenters. The second kappa shape index (κ2) is 27.2. The number of ether oxygens (including phenoxy) is 1. The molecule has 0 aliphatic carbocycles. The van der Waals surface area contributed by atoms with Gasteiger partial charge in [0.25, 0.3) is 61.7 Å². The molecule has 9 aromatic rings. The Hall–Kier alpha value is -11.1. The van der Waals surface area contributed by atoms with E-state index in [1.165, 1.54) is 74.5 Å². The number of rotatable bonds is 20. The van der Waals surface area contributed by atoms with Gasteiger partial charge in [-0.2, -0.15) is 47.1 Å². The lowest BCUT2D eigenvalue weighted by atomic mass is 10.1. The van der Waals surface area contributed by atoms with Gasteiger partial charge in [-0.05, 0) is 121 Å². The Labute approximate surface area is 551 Å². The van der Waals surface area contributed by atoms with Crippen molar-refractivity contribution in [2.45, 2.75) is 38.3 Å². The number of hydrogen-bond donors (Lipinski definition) is 11. The molecule has 98 heavy (non-hydrogen) atoms. The molecule has 1 saturated heterocycles. The third-order valence-corrected chi connectivity index (χ3v) is 18.7. The zero-order chi connectivity index (χ0) is 71.0. The smallest absolute Gasteiger partial charge is 0.338 e. The van der Waals surface area contributed by atoms with Gasteiger partial charge in [0.05, 0.1) is 63.4 Å². The summed E-state index contributed by atoms with van der Waals surface area (Å²) in [5, 5.41) is 40.1. The molecule has 11 N–H and O–H groups in total. The number of benzene rings is 6. The van der Waals surface area contributed by atoms with Crippen molar-refractivity contribution >= 4 is 127 Å². The number of carboxylic acids is 2. The maximum atomic E-state index is 13.7. The fraction of sp³-hybridized carbons (Fsp3) is 0.105. The molecule has 10 rings (SSSR count). The van der Waals surface area contributed by atoms with E-state index in [4.69, 9.17) is 4.74 Å². The largest absolute Gasteiger partial charge is 0.478 e. The van der Waals surface area contributed by atoms with E-state index in [0.717, 1.165) is 82.2 Å². The van der Waals surface area contributed by atoms with E-state index in [1.807, 2.05) is 0 Å². The van der Waals surface area contributed by atoms with E-state index in [1.54, 1.807) is 4.90 Å². The van der Waals surface area contributed by atoms with Crippen LogP contribution in [0.2, 0.25) is 0 Å². The van der Waals surface area contributed by atoms with E-state index in [2.05, 4.69) is 55.6 Å². The Morgan fingerprint density at radius 2 is 1.04 bits per heavy atom. The van der Waals surface area contributed by atoms with E-state index in [-0.39, 0.29) is 111 Å². The van der Waals surface area contributed by atoms with Gasteiger partial charge in [0.15, 0.2) is 11.4 Å². The van der Waals surface area contributed by atoms with Crippen molar-refractivity contribution in [2.75, 3.05) is 31.2 Å². The number of nitrogens with zero attached hydrogens (tertiary/aromatic N) is 10. The Kier molecular flexibility index (Phi) is 19.3. The van der Waals surface area contributed by atoms with Crippen molar-refractivity contribution in [1.29, 1.82) is 0 Å². The summed E-state index contributed by atoms with van der Waals surface area (Å²) >= 11 is 0. The normalized spacial score (nSPS) is 14.1. The van der Waals surface area contributed by atoms with Crippen LogP contribution in [0.15, 0.2) is 180 Å². The van der Waals surface area contributed by atoms with Crippen LogP contribution < -0.4 is 27.3 Å². The third-order valence-electron chi connectivity index (χ3n) is 14.2. The van der Waals surface area contributed by atoms with Crippen LogP contribution in [0.5, 0.6) is 0 Å². The van der Waals surface area contributed by atoms with Gasteiger partial charge in [-0.1, -0.05) is 54.6 Å². The zero-order valence-electron chi connectivity index (χ0n) is 49.9. The molecule has 36 nitrogen and oxygen atoms in total. The van der Waals surface area contributed by atoms with Crippen LogP contribution >= 0.6 is 0 Å². The Morgan fingerprint density at radius 1 is 0.510 bits per heavy atom. The molecule has 1 fully saturated rings. The number of morpholine rings is 1. The summed E-state index contributed by atoms with van der Waals surface area (Å²) < 4.78 is 185. The second-order valence-electron chi connectivity index (χ2n) is 20.8. The third kappa shape index (κ3) is 15.7. The summed E-state index contributed by atoms with van der Waals surface area (Å²) in [5.74, 6) is -2.90. The summed E-state index contributed by atoms with van der Waals surface area (Å²) in [7, 11) is -25.3. The van der Waals surface area contributed by atoms with Gasteiger partial charge in [0, 0.05) is 13.1 Å². The first-order valence-electron chi connectivity index (χ1n) is 27.6. The molecule has 3 aromatic heterocycles. The molecule has 0 amide bonds. The van der Waals surface area contributed by atoms with Gasteiger partial charge in [0.2, 0.25) is 17.2 Å². The minimum Gasteiger partial charge on any atom is -0.478 e. The number of carboxylic acid groups (broad SMARTS) is 2. The minimum atomic E-state index is -5.19. The first kappa shape index (κ1) is 69.7. The summed E-state index contributed by atoms with van der Waals surface area (Å²) in [6.45, 7) is 3.76. The Bertz CT molecular complexity index is 5820. The molecular formula is C57H48N14O22S5. The molecule has 0 bridgehead atoms. The van der Waals surface area contributed by atoms with Crippen molar-refractivity contribution in [1.82, 2.24) is 34.5 Å². The Morgan fingerprint density at radius 3 is 1.63 bits per heavy atom. The fourth-order valence-electron chi connectivity index (χ4n) is 9.55. The van der Waals surface area contributed by atoms with Crippen molar-refractivity contribution in [3.8, 4) is 11.4 Å². The number of anilines is 1. The molecule has 4 heterocycles. The number of carbonyl (C=O) groups is 2. The fourth-order valence-corrected chi connectivity index (χ4v) is 12.8. The Balaban J connectivity index is 0.969. The maximum Gasteiger partial charge on any atom is 0.338 e. The van der Waals surface area contributed by atoms with Crippen LogP contribution in [-0.4, -0.2) is 148 Å². The van der Waals surface area contributed by atoms with Gasteiger partial charge in [0.1, 0.15) is 31.0 Å². The van der Waals surface area contributed by atoms with Gasteiger partial charge >= 0.3 is 11.9 Å². The lowest BCUT2D eigenvalue weighted by molar-refractivity contribution is 0.0686. The molecule has 1 aliphatic rings. The van der Waals surface area contributed by atoms with Crippen LogP contribution in [0.1, 0.15) is 54.4 Å². The number of nitrogens with one attached hydrogen (secondary N) is 4. The van der Waals surface area contributed by atoms with Gasteiger partial charge < -0.3 is 19.8 Å². The number of hydrogen-bond acceptors (Lipinski definition) is 23. The van der Waals surface area contributed by atoms with Crippen molar-refractivity contribution < 1.29 is 89.4 Å². The maximum absolute atomic E-state index is 13.7. The highest BCUT2D eigenvalue weighted by Gasteiger charge is 2.25. The zero-order valence-corrected chi connectivity index (χ0v) is 54.0. The van der Waals surface area contributed by atoms with E-state index in [9.17, 15) is 94.2 Å². The second-order valence-corrected chi connectivity index (χ2v) is 27.8. The number of H-pyrrole nitrogens is 4. The van der Waals surface area contributed by atoms with Crippen LogP contribution in [-0.2, 0) is 55.3 Å². The molecule has 41 heteroatoms. The lowest BCUT2D eigenvalue weighted by Gasteiger charge is -2.26. The summed E-state index contributed by atoms with van der Waals surface area (Å²) in [6, 6.07) is 21.3. The highest BCUT2D eigenvalue weighted by Crippen LogP contribution is 2.32. The van der Waals surface area contributed by atoms with Crippen LogP contribution in [0.4, 0.5) is 40.1 Å². The molecule has 1 aliphatic heterocycles. The molecule has 0 spiro atoms. The minimum absolute atomic E-state index is 0.0255. The standard InChI is InChI=1S/C57H48N14O22S5/c1-30-49(66-64-43-19-17-39(94(78,79)80)29-41(43)54(76)77)51(72)70(67-30)37-16-20-45(95(81,82)83)35(26-37)11-10-34-12-14-36(27-46(34)96(84,85)86)58-55-60-56(62-57(61-55)69-21-23-93-24-22-69)59-44-18-8-32(25-48(44)98(90,91)92)7-9-33-13-15-38(28-47(33)97(87,88)89)71-52(73)50(31(2)68-71)65-63-42-6-4-3-5-40(42)53(74)75/h3-20,25-29,67-68H,21-24H2,1-2H3,(H,74,75)(H,76,77)(H,78,79,80)(H,81,82,83)(H,84,85,86)(H,87,88,89)(H,90,91,92)(H2,58,59,60,61,62). The van der Waals surface area contributed by atoms with Crippen LogP contribution in [0.25, 0.3) is 35.7 Å². The first-order chi connectivity index (χ1) is 46.0. The van der Waals surface area contributed by atoms with Crippen LogP contribution in [0, 0.1) is 13.8 Å². The van der Waals surface area contributed by atoms with Crippen molar-refractivity contribution in [2.24, 2.45) is 30.4 Å². The van der Waals surface area contributed by atoms with Crippen LogP contribution in [0.3, 0.4) is 0 Å². The van der Waals surface area contributed by atoms with E-state index >= 15 is 0 Å². The van der Waals surface area contributed by atoms with Gasteiger partial charge in [-0.15, -0.1) is 20.5 Å². The summed E-state index contributed by atoms with van der Waals surface area (Å²) in [5.41, 5.74) is -5.87. The number of azo groups is 2. The number of aromatic amines is 4. The SMILES string of the molecule is Cc1[nH]n(-c2ccc(C=Cc3ccc(N=c4[nH]c(N5CCOCC5)nc(=Nc5ccc(C=Cc6cc(-n7[nH]c(C)c(N=Nc8ccc(S(=O)(=O)O)cc8C(=O)O)c7=O)ccc6S(=O)(=O)O)c(S(=O)(=O)O)c5)[nH]4)c(S(=O)(=O)O)c3)c(S(=O)(=O)O)c2)c(=O)c1N=Nc1ccccc1C(=O)O. The van der Waals surface area contributed by atoms with Gasteiger partial charge in [-0.3, -0.25) is 52.5 Å². The highest BCUT2D eigenvalue weighted by molar-refractivity contribution is 7.87. The molecule has 508 valence electrons. The predicted octanol–water partition coefficient (Wildman–Crippen LogP) is 6.42.